The van der Waals surface area contributed by atoms with Crippen molar-refractivity contribution >= 4 is 16.0 Å². The highest BCUT2D eigenvalue weighted by Crippen LogP contribution is 1.98. The standard InChI is InChI=1S/C8H11N3O6S/c1-10-4-5(7(14)11(2)8(10)15)18(16,17)9-3-6(12)13/h4,9H,3H2,1-2H3,(H,12,13). The van der Waals surface area contributed by atoms with E-state index >= 15 is 0 Å². The molecule has 100 valence electrons. The van der Waals surface area contributed by atoms with E-state index in [1.807, 2.05) is 0 Å². The molecule has 1 rings (SSSR count). The number of carboxylic acid groups (broad SMARTS) is 1. The monoisotopic (exact) mass is 277 g/mol. The summed E-state index contributed by atoms with van der Waals surface area (Å²) in [7, 11) is -1.87. The van der Waals surface area contributed by atoms with Crippen LogP contribution in [0.2, 0.25) is 0 Å². The lowest BCUT2D eigenvalue weighted by Gasteiger charge is -2.07. The van der Waals surface area contributed by atoms with Gasteiger partial charge < -0.3 is 9.67 Å². The van der Waals surface area contributed by atoms with E-state index in [2.05, 4.69) is 0 Å². The van der Waals surface area contributed by atoms with Crippen LogP contribution in [-0.2, 0) is 28.9 Å². The third-order valence-electron chi connectivity index (χ3n) is 2.12. The van der Waals surface area contributed by atoms with E-state index in [4.69, 9.17) is 5.11 Å². The summed E-state index contributed by atoms with van der Waals surface area (Å²) in [5, 5.41) is 8.38. The third-order valence-corrected chi connectivity index (χ3v) is 3.50. The summed E-state index contributed by atoms with van der Waals surface area (Å²) in [6.45, 7) is -0.853. The fraction of sp³-hybridized carbons (Fsp3) is 0.375. The van der Waals surface area contributed by atoms with Crippen LogP contribution in [0.4, 0.5) is 0 Å². The third kappa shape index (κ3) is 2.65. The van der Waals surface area contributed by atoms with E-state index in [1.54, 1.807) is 4.72 Å². The van der Waals surface area contributed by atoms with E-state index < -0.39 is 38.7 Å². The van der Waals surface area contributed by atoms with Gasteiger partial charge in [0.25, 0.3) is 5.56 Å². The minimum Gasteiger partial charge on any atom is -0.480 e. The molecule has 0 bridgehead atoms. The molecule has 1 aromatic heterocycles. The van der Waals surface area contributed by atoms with Crippen molar-refractivity contribution in [3.05, 3.63) is 27.0 Å². The number of rotatable bonds is 4. The summed E-state index contributed by atoms with van der Waals surface area (Å²) in [5.41, 5.74) is -1.70. The van der Waals surface area contributed by atoms with Gasteiger partial charge in [-0.1, -0.05) is 0 Å². The fourth-order valence-corrected chi connectivity index (χ4v) is 2.33. The summed E-state index contributed by atoms with van der Waals surface area (Å²) >= 11 is 0. The van der Waals surface area contributed by atoms with Crippen LogP contribution in [0.25, 0.3) is 0 Å². The zero-order chi connectivity index (χ0) is 14.1. The van der Waals surface area contributed by atoms with Crippen molar-refractivity contribution in [3.8, 4) is 0 Å². The Kier molecular flexibility index (Phi) is 3.72. The maximum atomic E-state index is 11.7. The van der Waals surface area contributed by atoms with Crippen molar-refractivity contribution in [2.75, 3.05) is 6.54 Å². The van der Waals surface area contributed by atoms with Crippen molar-refractivity contribution < 1.29 is 18.3 Å². The summed E-state index contributed by atoms with van der Waals surface area (Å²) in [5.74, 6) is -1.39. The van der Waals surface area contributed by atoms with E-state index in [9.17, 15) is 22.8 Å². The van der Waals surface area contributed by atoms with Crippen molar-refractivity contribution in [1.29, 1.82) is 0 Å². The largest absolute Gasteiger partial charge is 0.480 e. The molecule has 18 heavy (non-hydrogen) atoms. The molecule has 0 saturated carbocycles. The average molecular weight is 277 g/mol. The first-order valence-corrected chi connectivity index (χ1v) is 6.13. The van der Waals surface area contributed by atoms with Gasteiger partial charge in [0, 0.05) is 20.3 Å². The number of aryl methyl sites for hydroxylation is 1. The molecule has 1 aromatic rings. The smallest absolute Gasteiger partial charge is 0.330 e. The lowest BCUT2D eigenvalue weighted by molar-refractivity contribution is -0.135. The van der Waals surface area contributed by atoms with E-state index in [-0.39, 0.29) is 0 Å². The van der Waals surface area contributed by atoms with Crippen molar-refractivity contribution in [2.24, 2.45) is 14.1 Å². The number of nitrogens with zero attached hydrogens (tertiary/aromatic N) is 2. The van der Waals surface area contributed by atoms with E-state index in [0.717, 1.165) is 17.8 Å². The van der Waals surface area contributed by atoms with Crippen LogP contribution < -0.4 is 16.0 Å². The Bertz CT molecular complexity index is 699. The number of carbonyl (C=O) groups is 1. The van der Waals surface area contributed by atoms with Crippen molar-refractivity contribution in [2.45, 2.75) is 4.90 Å². The number of carboxylic acids is 1. The Morgan fingerprint density at radius 3 is 2.44 bits per heavy atom. The molecule has 1 heterocycles. The molecule has 0 radical (unpaired) electrons. The first-order valence-electron chi connectivity index (χ1n) is 4.65. The normalized spacial score (nSPS) is 11.4. The van der Waals surface area contributed by atoms with Crippen LogP contribution in [0.5, 0.6) is 0 Å². The van der Waals surface area contributed by atoms with Crippen LogP contribution in [-0.4, -0.2) is 35.2 Å². The Morgan fingerprint density at radius 1 is 1.39 bits per heavy atom. The Hall–Kier alpha value is -1.94. The van der Waals surface area contributed by atoms with Gasteiger partial charge in [0.15, 0.2) is 4.90 Å². The number of nitrogens with one attached hydrogen (secondary N) is 1. The minimum absolute atomic E-state index is 0.620. The Morgan fingerprint density at radius 2 is 1.94 bits per heavy atom. The molecule has 0 amide bonds. The molecule has 9 nitrogen and oxygen atoms in total. The van der Waals surface area contributed by atoms with E-state index in [1.165, 1.54) is 7.05 Å². The highest BCUT2D eigenvalue weighted by Gasteiger charge is 2.21. The molecular formula is C8H11N3O6S. The number of hydrogen-bond donors (Lipinski definition) is 2. The zero-order valence-electron chi connectivity index (χ0n) is 9.58. The topological polar surface area (TPSA) is 127 Å². The lowest BCUT2D eigenvalue weighted by atomic mass is 10.6. The molecule has 0 saturated heterocycles. The molecule has 0 aliphatic heterocycles. The van der Waals surface area contributed by atoms with Gasteiger partial charge >= 0.3 is 11.7 Å². The molecule has 0 atom stereocenters. The van der Waals surface area contributed by atoms with Crippen LogP contribution in [0.1, 0.15) is 0 Å². The zero-order valence-corrected chi connectivity index (χ0v) is 10.4. The molecule has 0 unspecified atom stereocenters. The number of aliphatic carboxylic acids is 1. The first kappa shape index (κ1) is 14.1. The maximum absolute atomic E-state index is 11.7. The second-order valence-corrected chi connectivity index (χ2v) is 5.20. The molecule has 2 N–H and O–H groups in total. The van der Waals surface area contributed by atoms with Crippen molar-refractivity contribution in [1.82, 2.24) is 13.9 Å². The molecule has 0 spiro atoms. The van der Waals surface area contributed by atoms with Gasteiger partial charge in [-0.05, 0) is 0 Å². The predicted molar refractivity (Wildman–Crippen MR) is 59.7 cm³/mol. The highest BCUT2D eigenvalue weighted by atomic mass is 32.2. The quantitative estimate of drug-likeness (QED) is 0.623. The fourth-order valence-electron chi connectivity index (χ4n) is 1.19. The summed E-state index contributed by atoms with van der Waals surface area (Å²) in [6.07, 6.45) is 0.842. The first-order chi connectivity index (χ1) is 8.16. The van der Waals surface area contributed by atoms with Crippen LogP contribution in [0, 0.1) is 0 Å². The molecule has 0 fully saturated rings. The number of hydrogen-bond acceptors (Lipinski definition) is 5. The molecule has 0 aliphatic carbocycles. The Balaban J connectivity index is 3.39. The summed E-state index contributed by atoms with van der Waals surface area (Å²) < 4.78 is 26.6. The molecular weight excluding hydrogens is 266 g/mol. The molecule has 0 aromatic carbocycles. The molecule has 10 heteroatoms. The van der Waals surface area contributed by atoms with E-state index in [0.29, 0.717) is 4.57 Å². The number of aromatic nitrogens is 2. The summed E-state index contributed by atoms with van der Waals surface area (Å²) in [4.78, 5) is 32.6. The highest BCUT2D eigenvalue weighted by molar-refractivity contribution is 7.89. The second-order valence-electron chi connectivity index (χ2n) is 3.47. The maximum Gasteiger partial charge on any atom is 0.330 e. The van der Waals surface area contributed by atoms with Gasteiger partial charge in [-0.15, -0.1) is 0 Å². The van der Waals surface area contributed by atoms with Gasteiger partial charge in [0.2, 0.25) is 10.0 Å². The summed E-state index contributed by atoms with van der Waals surface area (Å²) in [6, 6.07) is 0. The SMILES string of the molecule is Cn1cc(S(=O)(=O)NCC(=O)O)c(=O)n(C)c1=O. The lowest BCUT2D eigenvalue weighted by Crippen LogP contribution is -2.42. The minimum atomic E-state index is -4.27. The predicted octanol–water partition coefficient (Wildman–Crippen LogP) is -2.55. The van der Waals surface area contributed by atoms with Gasteiger partial charge in [-0.2, -0.15) is 4.72 Å². The van der Waals surface area contributed by atoms with Crippen LogP contribution in [0.15, 0.2) is 20.7 Å². The second kappa shape index (κ2) is 4.74. The van der Waals surface area contributed by atoms with Crippen LogP contribution >= 0.6 is 0 Å². The number of sulfonamides is 1. The van der Waals surface area contributed by atoms with Gasteiger partial charge in [0.1, 0.15) is 6.54 Å². The molecule has 0 aliphatic rings. The van der Waals surface area contributed by atoms with Gasteiger partial charge in [-0.25, -0.2) is 13.2 Å². The van der Waals surface area contributed by atoms with Crippen molar-refractivity contribution in [3.63, 3.8) is 0 Å². The van der Waals surface area contributed by atoms with Gasteiger partial charge in [-0.3, -0.25) is 14.2 Å². The van der Waals surface area contributed by atoms with Gasteiger partial charge in [0.05, 0.1) is 0 Å². The van der Waals surface area contributed by atoms with Crippen LogP contribution in [0.3, 0.4) is 0 Å². The Labute approximate surface area is 101 Å². The average Bonchev–Trinajstić information content (AvgIpc) is 2.28.